The highest BCUT2D eigenvalue weighted by Crippen LogP contribution is 2.19. The highest BCUT2D eigenvalue weighted by molar-refractivity contribution is 5.76. The lowest BCUT2D eigenvalue weighted by atomic mass is 10.00. The van der Waals surface area contributed by atoms with Gasteiger partial charge in [0.15, 0.2) is 0 Å². The van der Waals surface area contributed by atoms with Crippen molar-refractivity contribution in [2.24, 2.45) is 0 Å². The monoisotopic (exact) mass is 269 g/mol. The van der Waals surface area contributed by atoms with Gasteiger partial charge in [-0.3, -0.25) is 0 Å². The van der Waals surface area contributed by atoms with E-state index in [9.17, 15) is 0 Å². The smallest absolute Gasteiger partial charge is 0.0991 e. The zero-order valence-electron chi connectivity index (χ0n) is 13.7. The van der Waals surface area contributed by atoms with Crippen LogP contribution in [0.2, 0.25) is 0 Å². The van der Waals surface area contributed by atoms with Crippen molar-refractivity contribution >= 4 is 5.57 Å². The van der Waals surface area contributed by atoms with Crippen LogP contribution in [0.4, 0.5) is 0 Å². The topological polar surface area (TPSA) is 23.8 Å². The van der Waals surface area contributed by atoms with E-state index in [1.165, 1.54) is 0 Å². The van der Waals surface area contributed by atoms with Gasteiger partial charge in [0.05, 0.1) is 11.6 Å². The predicted molar refractivity (Wildman–Crippen MR) is 91.6 cm³/mol. The van der Waals surface area contributed by atoms with Crippen LogP contribution in [0.5, 0.6) is 0 Å². The zero-order chi connectivity index (χ0) is 16.0. The third-order valence-corrected chi connectivity index (χ3v) is 2.18. The third-order valence-electron chi connectivity index (χ3n) is 2.18. The van der Waals surface area contributed by atoms with Gasteiger partial charge in [-0.2, -0.15) is 5.26 Å². The molecule has 20 heavy (non-hydrogen) atoms. The highest BCUT2D eigenvalue weighted by Gasteiger charge is 2.00. The van der Waals surface area contributed by atoms with Gasteiger partial charge in [-0.25, -0.2) is 0 Å². The summed E-state index contributed by atoms with van der Waals surface area (Å²) in [6.45, 7) is 15.7. The fraction of sp³-hybridized carbons (Fsp3) is 0.316. The molecule has 0 aliphatic heterocycles. The van der Waals surface area contributed by atoms with E-state index in [-0.39, 0.29) is 0 Å². The molecule has 1 heteroatoms. The molecule has 0 spiro atoms. The summed E-state index contributed by atoms with van der Waals surface area (Å²) in [5.41, 5.74) is 3.90. The molecule has 1 aromatic rings. The summed E-state index contributed by atoms with van der Waals surface area (Å²) in [5, 5.41) is 8.92. The first-order valence-electron chi connectivity index (χ1n) is 7.19. The van der Waals surface area contributed by atoms with Crippen molar-refractivity contribution in [2.45, 2.75) is 41.5 Å². The summed E-state index contributed by atoms with van der Waals surface area (Å²) in [4.78, 5) is 0. The van der Waals surface area contributed by atoms with Gasteiger partial charge in [0.2, 0.25) is 0 Å². The number of hydrogen-bond acceptors (Lipinski definition) is 1. The number of allylic oxidation sites excluding steroid dienone is 5. The first-order chi connectivity index (χ1) is 9.71. The van der Waals surface area contributed by atoms with Gasteiger partial charge in [0.25, 0.3) is 0 Å². The van der Waals surface area contributed by atoms with Crippen molar-refractivity contribution in [1.82, 2.24) is 0 Å². The molecule has 0 N–H and O–H groups in total. The van der Waals surface area contributed by atoms with Crippen molar-refractivity contribution in [3.05, 3.63) is 65.8 Å². The second kappa shape index (κ2) is 13.4. The minimum Gasteiger partial charge on any atom is -0.192 e. The van der Waals surface area contributed by atoms with Gasteiger partial charge in [0, 0.05) is 0 Å². The summed E-state index contributed by atoms with van der Waals surface area (Å²) in [7, 11) is 0. The Kier molecular flexibility index (Phi) is 13.5. The number of rotatable bonds is 3. The Morgan fingerprint density at radius 3 is 2.20 bits per heavy atom. The van der Waals surface area contributed by atoms with Gasteiger partial charge in [-0.15, -0.1) is 0 Å². The SMILES string of the molecule is C=C/C=C(\C=C/C)c1cc(C)cc(C#N)c1.CC.CC. The maximum Gasteiger partial charge on any atom is 0.0991 e. The van der Waals surface area contributed by atoms with Crippen LogP contribution in [0.15, 0.2) is 49.1 Å². The van der Waals surface area contributed by atoms with E-state index in [1.54, 1.807) is 6.08 Å². The van der Waals surface area contributed by atoms with E-state index in [0.29, 0.717) is 5.56 Å². The lowest BCUT2D eigenvalue weighted by Crippen LogP contribution is -1.86. The molecule has 0 aromatic heterocycles. The minimum atomic E-state index is 0.689. The van der Waals surface area contributed by atoms with E-state index in [4.69, 9.17) is 5.26 Å². The van der Waals surface area contributed by atoms with Crippen LogP contribution in [0.3, 0.4) is 0 Å². The van der Waals surface area contributed by atoms with Gasteiger partial charge in [-0.1, -0.05) is 64.6 Å². The van der Waals surface area contributed by atoms with Gasteiger partial charge < -0.3 is 0 Å². The molecule has 1 nitrogen and oxygen atoms in total. The Morgan fingerprint density at radius 2 is 1.75 bits per heavy atom. The predicted octanol–water partition coefficient (Wildman–Crippen LogP) is 6.06. The Morgan fingerprint density at radius 1 is 1.15 bits per heavy atom. The minimum absolute atomic E-state index is 0.689. The standard InChI is InChI=1S/C15H15N.2C2H6/c1-4-6-14(7-5-2)15-9-12(3)8-13(10-15)11-16;2*1-2/h4-10H,1H2,2-3H3;2*1-2H3/b7-5-,14-6+;;. The molecule has 0 saturated heterocycles. The number of nitriles is 1. The molecule has 0 heterocycles. The van der Waals surface area contributed by atoms with E-state index in [2.05, 4.69) is 18.7 Å². The fourth-order valence-electron chi connectivity index (χ4n) is 1.57. The molecule has 0 aliphatic carbocycles. The maximum atomic E-state index is 8.92. The second-order valence-corrected chi connectivity index (χ2v) is 3.56. The Balaban J connectivity index is 0. The molecule has 108 valence electrons. The van der Waals surface area contributed by atoms with Crippen molar-refractivity contribution < 1.29 is 0 Å². The molecule has 0 unspecified atom stereocenters. The summed E-state index contributed by atoms with van der Waals surface area (Å²) in [6, 6.07) is 8.01. The summed E-state index contributed by atoms with van der Waals surface area (Å²) < 4.78 is 0. The summed E-state index contributed by atoms with van der Waals surface area (Å²) in [5.74, 6) is 0. The lowest BCUT2D eigenvalue weighted by molar-refractivity contribution is 1.40. The van der Waals surface area contributed by atoms with E-state index >= 15 is 0 Å². The van der Waals surface area contributed by atoms with Gasteiger partial charge in [0.1, 0.15) is 0 Å². The average Bonchev–Trinajstić information content (AvgIpc) is 2.50. The molecule has 0 aliphatic rings. The van der Waals surface area contributed by atoms with Gasteiger partial charge >= 0.3 is 0 Å². The average molecular weight is 269 g/mol. The van der Waals surface area contributed by atoms with Crippen LogP contribution in [-0.2, 0) is 0 Å². The molecule has 1 rings (SSSR count). The van der Waals surface area contributed by atoms with Gasteiger partial charge in [-0.05, 0) is 42.7 Å². The molecule has 0 radical (unpaired) electrons. The molecule has 0 amide bonds. The van der Waals surface area contributed by atoms with Crippen LogP contribution in [0.25, 0.3) is 5.57 Å². The molecule has 1 aromatic carbocycles. The normalized spacial score (nSPS) is 9.75. The summed E-state index contributed by atoms with van der Waals surface area (Å²) in [6.07, 6.45) is 7.68. The molecule has 0 saturated carbocycles. The Bertz CT molecular complexity index is 485. The number of nitrogens with zero attached hydrogens (tertiary/aromatic N) is 1. The second-order valence-electron chi connectivity index (χ2n) is 3.56. The lowest BCUT2D eigenvalue weighted by Gasteiger charge is -2.04. The first kappa shape index (κ1) is 20.3. The van der Waals surface area contributed by atoms with Crippen LogP contribution in [0, 0.1) is 18.3 Å². The Hall–Kier alpha value is -2.07. The number of aryl methyl sites for hydroxylation is 1. The van der Waals surface area contributed by atoms with Crippen molar-refractivity contribution in [1.29, 1.82) is 5.26 Å². The van der Waals surface area contributed by atoms with E-state index in [1.807, 2.05) is 71.9 Å². The first-order valence-corrected chi connectivity index (χ1v) is 7.19. The number of benzene rings is 1. The van der Waals surface area contributed by atoms with Crippen LogP contribution in [0.1, 0.15) is 51.3 Å². The molecule has 0 fully saturated rings. The molecule has 0 atom stereocenters. The van der Waals surface area contributed by atoms with Crippen LogP contribution < -0.4 is 0 Å². The van der Waals surface area contributed by atoms with Crippen LogP contribution in [-0.4, -0.2) is 0 Å². The zero-order valence-corrected chi connectivity index (χ0v) is 13.7. The van der Waals surface area contributed by atoms with Crippen molar-refractivity contribution in [3.8, 4) is 6.07 Å². The fourth-order valence-corrected chi connectivity index (χ4v) is 1.57. The number of hydrogen-bond donors (Lipinski definition) is 0. The van der Waals surface area contributed by atoms with E-state index in [0.717, 1.165) is 16.7 Å². The van der Waals surface area contributed by atoms with Crippen molar-refractivity contribution in [2.75, 3.05) is 0 Å². The molecular weight excluding hydrogens is 242 g/mol. The van der Waals surface area contributed by atoms with Crippen LogP contribution >= 0.6 is 0 Å². The van der Waals surface area contributed by atoms with E-state index < -0.39 is 0 Å². The Labute approximate surface area is 125 Å². The largest absolute Gasteiger partial charge is 0.192 e. The molecular formula is C19H27N. The van der Waals surface area contributed by atoms with Crippen molar-refractivity contribution in [3.63, 3.8) is 0 Å². The molecule has 0 bridgehead atoms. The maximum absolute atomic E-state index is 8.92. The quantitative estimate of drug-likeness (QED) is 0.611. The highest BCUT2D eigenvalue weighted by atomic mass is 14.2. The summed E-state index contributed by atoms with van der Waals surface area (Å²) >= 11 is 0. The third kappa shape index (κ3) is 7.38.